The van der Waals surface area contributed by atoms with Crippen LogP contribution in [0.3, 0.4) is 0 Å². The van der Waals surface area contributed by atoms with Crippen LogP contribution in [0, 0.1) is 5.92 Å². The molecule has 22 heavy (non-hydrogen) atoms. The fraction of sp³-hybridized carbons (Fsp3) is 0.625. The lowest BCUT2D eigenvalue weighted by Gasteiger charge is -2.28. The molecule has 3 heterocycles. The van der Waals surface area contributed by atoms with Gasteiger partial charge < -0.3 is 15.0 Å². The topological polar surface area (TPSA) is 57.7 Å². The Kier molecular flexibility index (Phi) is 5.24. The molecule has 2 fully saturated rings. The van der Waals surface area contributed by atoms with E-state index in [-0.39, 0.29) is 5.91 Å². The zero-order chi connectivity index (χ0) is 15.2. The van der Waals surface area contributed by atoms with Gasteiger partial charge in [-0.25, -0.2) is 4.98 Å². The molecule has 1 aromatic heterocycles. The van der Waals surface area contributed by atoms with E-state index in [2.05, 4.69) is 15.2 Å². The van der Waals surface area contributed by atoms with E-state index in [0.29, 0.717) is 25.7 Å². The minimum Gasteiger partial charge on any atom is -0.378 e. The molecule has 2 aliphatic rings. The molecule has 1 N–H and O–H groups in total. The molecule has 0 aromatic carbocycles. The highest BCUT2D eigenvalue weighted by atomic mass is 16.5. The molecule has 120 valence electrons. The first-order chi connectivity index (χ1) is 10.8. The van der Waals surface area contributed by atoms with Gasteiger partial charge in [0.15, 0.2) is 0 Å². The molecule has 3 rings (SSSR count). The number of carbonyl (C=O) groups excluding carboxylic acids is 1. The van der Waals surface area contributed by atoms with Gasteiger partial charge in [-0.3, -0.25) is 9.69 Å². The first-order valence-corrected chi connectivity index (χ1v) is 8.04. The van der Waals surface area contributed by atoms with Crippen LogP contribution in [0.1, 0.15) is 6.42 Å². The van der Waals surface area contributed by atoms with Crippen molar-refractivity contribution in [3.8, 4) is 0 Å². The quantitative estimate of drug-likeness (QED) is 0.867. The van der Waals surface area contributed by atoms with E-state index < -0.39 is 0 Å². The average molecular weight is 304 g/mol. The van der Waals surface area contributed by atoms with Crippen LogP contribution >= 0.6 is 0 Å². The molecule has 0 aliphatic carbocycles. The monoisotopic (exact) mass is 304 g/mol. The van der Waals surface area contributed by atoms with Crippen molar-refractivity contribution in [2.24, 2.45) is 5.92 Å². The van der Waals surface area contributed by atoms with E-state index in [1.807, 2.05) is 23.1 Å². The molecule has 6 heteroatoms. The van der Waals surface area contributed by atoms with Gasteiger partial charge in [0.05, 0.1) is 19.8 Å². The summed E-state index contributed by atoms with van der Waals surface area (Å²) in [7, 11) is 0. The normalized spacial score (nSPS) is 22.7. The molecule has 0 bridgehead atoms. The largest absolute Gasteiger partial charge is 0.378 e. The molecule has 2 aliphatic heterocycles. The van der Waals surface area contributed by atoms with Gasteiger partial charge in [0, 0.05) is 32.4 Å². The van der Waals surface area contributed by atoms with Crippen LogP contribution in [-0.2, 0) is 9.53 Å². The summed E-state index contributed by atoms with van der Waals surface area (Å²) < 4.78 is 5.29. The number of anilines is 1. The van der Waals surface area contributed by atoms with E-state index in [9.17, 15) is 4.79 Å². The first kappa shape index (κ1) is 15.2. The van der Waals surface area contributed by atoms with Crippen LogP contribution in [0.2, 0.25) is 0 Å². The van der Waals surface area contributed by atoms with Crippen molar-refractivity contribution in [1.29, 1.82) is 0 Å². The number of pyridine rings is 1. The molecule has 0 spiro atoms. The fourth-order valence-electron chi connectivity index (χ4n) is 3.04. The van der Waals surface area contributed by atoms with Crippen LogP contribution in [0.4, 0.5) is 5.82 Å². The highest BCUT2D eigenvalue weighted by Crippen LogP contribution is 2.17. The highest BCUT2D eigenvalue weighted by Gasteiger charge is 2.26. The summed E-state index contributed by atoms with van der Waals surface area (Å²) in [4.78, 5) is 20.7. The molecule has 0 radical (unpaired) electrons. The highest BCUT2D eigenvalue weighted by molar-refractivity contribution is 5.78. The lowest BCUT2D eigenvalue weighted by atomic mass is 10.1. The van der Waals surface area contributed by atoms with Crippen molar-refractivity contribution in [2.75, 3.05) is 57.8 Å². The lowest BCUT2D eigenvalue weighted by Crippen LogP contribution is -2.45. The van der Waals surface area contributed by atoms with Gasteiger partial charge in [-0.15, -0.1) is 0 Å². The number of rotatable bonds is 5. The molecule has 1 aromatic rings. The van der Waals surface area contributed by atoms with Crippen molar-refractivity contribution < 1.29 is 9.53 Å². The zero-order valence-electron chi connectivity index (χ0n) is 12.9. The molecule has 0 saturated carbocycles. The number of likely N-dealkylation sites (tertiary alicyclic amines) is 1. The maximum Gasteiger partial charge on any atom is 0.236 e. The summed E-state index contributed by atoms with van der Waals surface area (Å²) in [5.74, 6) is 1.74. The van der Waals surface area contributed by atoms with E-state index in [1.54, 1.807) is 6.20 Å². The summed E-state index contributed by atoms with van der Waals surface area (Å²) in [6.45, 7) is 6.25. The van der Waals surface area contributed by atoms with Gasteiger partial charge in [-0.05, 0) is 31.0 Å². The Morgan fingerprint density at radius 3 is 2.95 bits per heavy atom. The molecule has 6 nitrogen and oxygen atoms in total. The standard InChI is InChI=1S/C16H24N4O2/c21-16(20-7-9-22-10-8-20)13-19-6-4-14(12-19)11-18-15-3-1-2-5-17-15/h1-3,5,14H,4,6-13H2,(H,17,18)/t14-/m1/s1. The van der Waals surface area contributed by atoms with E-state index >= 15 is 0 Å². The minimum absolute atomic E-state index is 0.238. The van der Waals surface area contributed by atoms with Gasteiger partial charge in [0.2, 0.25) is 5.91 Å². The van der Waals surface area contributed by atoms with Crippen molar-refractivity contribution in [2.45, 2.75) is 6.42 Å². The first-order valence-electron chi connectivity index (χ1n) is 8.04. The number of hydrogen-bond donors (Lipinski definition) is 1. The Morgan fingerprint density at radius 2 is 2.18 bits per heavy atom. The third-order valence-electron chi connectivity index (χ3n) is 4.33. The molecule has 1 amide bonds. The van der Waals surface area contributed by atoms with E-state index in [1.165, 1.54) is 0 Å². The number of nitrogens with one attached hydrogen (secondary N) is 1. The Labute approximate surface area is 131 Å². The summed E-state index contributed by atoms with van der Waals surface area (Å²) >= 11 is 0. The van der Waals surface area contributed by atoms with Crippen LogP contribution < -0.4 is 5.32 Å². The van der Waals surface area contributed by atoms with Crippen molar-refractivity contribution >= 4 is 11.7 Å². The predicted octanol–water partition coefficient (Wildman–Crippen LogP) is 0.674. The third kappa shape index (κ3) is 4.18. The third-order valence-corrected chi connectivity index (χ3v) is 4.33. The van der Waals surface area contributed by atoms with Gasteiger partial charge in [-0.2, -0.15) is 0 Å². The number of amides is 1. The van der Waals surface area contributed by atoms with E-state index in [0.717, 1.165) is 45.0 Å². The Morgan fingerprint density at radius 1 is 1.32 bits per heavy atom. The number of carbonyl (C=O) groups is 1. The molecule has 1 atom stereocenters. The number of morpholine rings is 1. The SMILES string of the molecule is O=C(CN1CC[C@H](CNc2ccccn2)C1)N1CCOCC1. The van der Waals surface area contributed by atoms with Crippen LogP contribution in [0.25, 0.3) is 0 Å². The van der Waals surface area contributed by atoms with Crippen LogP contribution in [0.15, 0.2) is 24.4 Å². The maximum atomic E-state index is 12.2. The molecular formula is C16H24N4O2. The Bertz CT molecular complexity index is 476. The second-order valence-electron chi connectivity index (χ2n) is 5.98. The van der Waals surface area contributed by atoms with Gasteiger partial charge >= 0.3 is 0 Å². The van der Waals surface area contributed by atoms with Gasteiger partial charge in [0.25, 0.3) is 0 Å². The zero-order valence-corrected chi connectivity index (χ0v) is 12.9. The Hall–Kier alpha value is -1.66. The Balaban J connectivity index is 1.39. The predicted molar refractivity (Wildman–Crippen MR) is 84.7 cm³/mol. The summed E-state index contributed by atoms with van der Waals surface area (Å²) in [6, 6.07) is 5.88. The molecule has 0 unspecified atom stereocenters. The number of nitrogens with zero attached hydrogens (tertiary/aromatic N) is 3. The molecule has 2 saturated heterocycles. The minimum atomic E-state index is 0.238. The second-order valence-corrected chi connectivity index (χ2v) is 5.98. The average Bonchev–Trinajstić information content (AvgIpc) is 3.02. The number of hydrogen-bond acceptors (Lipinski definition) is 5. The summed E-state index contributed by atoms with van der Waals surface area (Å²) in [6.07, 6.45) is 2.93. The van der Waals surface area contributed by atoms with Gasteiger partial charge in [-0.1, -0.05) is 6.07 Å². The maximum absolute atomic E-state index is 12.2. The van der Waals surface area contributed by atoms with Crippen molar-refractivity contribution in [3.63, 3.8) is 0 Å². The fourth-order valence-corrected chi connectivity index (χ4v) is 3.04. The summed E-state index contributed by atoms with van der Waals surface area (Å²) in [5.41, 5.74) is 0. The molecular weight excluding hydrogens is 280 g/mol. The van der Waals surface area contributed by atoms with Gasteiger partial charge in [0.1, 0.15) is 5.82 Å². The van der Waals surface area contributed by atoms with Crippen LogP contribution in [0.5, 0.6) is 0 Å². The second kappa shape index (κ2) is 7.56. The van der Waals surface area contributed by atoms with Crippen molar-refractivity contribution in [1.82, 2.24) is 14.8 Å². The van der Waals surface area contributed by atoms with Crippen molar-refractivity contribution in [3.05, 3.63) is 24.4 Å². The van der Waals surface area contributed by atoms with E-state index in [4.69, 9.17) is 4.74 Å². The van der Waals surface area contributed by atoms with Crippen LogP contribution in [-0.4, -0.2) is 73.2 Å². The smallest absolute Gasteiger partial charge is 0.236 e. The number of ether oxygens (including phenoxy) is 1. The lowest BCUT2D eigenvalue weighted by molar-refractivity contribution is -0.136. The summed E-state index contributed by atoms with van der Waals surface area (Å²) in [5, 5.41) is 3.37. The number of aromatic nitrogens is 1.